The van der Waals surface area contributed by atoms with E-state index in [9.17, 15) is 4.57 Å². The maximum Gasteiger partial charge on any atom is 0.408 e. The summed E-state index contributed by atoms with van der Waals surface area (Å²) >= 11 is 11.1. The van der Waals surface area contributed by atoms with Crippen LogP contribution in [-0.2, 0) is 13.6 Å². The Labute approximate surface area is 87.7 Å². The molecule has 1 fully saturated rings. The molecule has 4 nitrogen and oxygen atoms in total. The van der Waals surface area contributed by atoms with Gasteiger partial charge in [0.2, 0.25) is 0 Å². The molecule has 13 heavy (non-hydrogen) atoms. The Morgan fingerprint density at radius 2 is 1.62 bits per heavy atom. The molecule has 1 rings (SSSR count). The number of halogens is 2. The average molecular weight is 248 g/mol. The first-order valence-corrected chi connectivity index (χ1v) is 6.56. The topological polar surface area (TPSA) is 38.8 Å². The van der Waals surface area contributed by atoms with Gasteiger partial charge in [0, 0.05) is 24.8 Å². The lowest BCUT2D eigenvalue weighted by Gasteiger charge is -2.23. The molecule has 0 unspecified atom stereocenters. The van der Waals surface area contributed by atoms with Crippen LogP contribution in [0, 0.1) is 0 Å². The number of hydrogen-bond acceptors (Lipinski definition) is 3. The number of rotatable bonds is 5. The highest BCUT2D eigenvalue weighted by molar-refractivity contribution is 7.51. The molecule has 1 aliphatic rings. The fourth-order valence-corrected chi connectivity index (χ4v) is 3.40. The van der Waals surface area contributed by atoms with Crippen LogP contribution in [0.1, 0.15) is 0 Å². The number of nitrogens with zero attached hydrogens (tertiary/aromatic N) is 1. The van der Waals surface area contributed by atoms with Crippen LogP contribution in [0.25, 0.3) is 0 Å². The van der Waals surface area contributed by atoms with E-state index in [0.717, 1.165) is 0 Å². The molecule has 1 saturated heterocycles. The standard InChI is InChI=1S/C6H12Cl2NO3P/c7-1-3-9(4-2-8)13(10)11-5-6-12-13/h1-6H2. The highest BCUT2D eigenvalue weighted by Crippen LogP contribution is 2.54. The van der Waals surface area contributed by atoms with Gasteiger partial charge in [0.1, 0.15) is 0 Å². The first-order chi connectivity index (χ1) is 6.23. The summed E-state index contributed by atoms with van der Waals surface area (Å²) in [6, 6.07) is 0. The Morgan fingerprint density at radius 3 is 2.00 bits per heavy atom. The van der Waals surface area contributed by atoms with Gasteiger partial charge in [-0.1, -0.05) is 0 Å². The molecule has 1 heterocycles. The molecule has 78 valence electrons. The summed E-state index contributed by atoms with van der Waals surface area (Å²) in [6.07, 6.45) is 0. The van der Waals surface area contributed by atoms with E-state index in [4.69, 9.17) is 32.2 Å². The van der Waals surface area contributed by atoms with E-state index in [1.165, 1.54) is 0 Å². The third kappa shape index (κ3) is 3.08. The predicted octanol–water partition coefficient (Wildman–Crippen LogP) is 1.92. The lowest BCUT2D eigenvalue weighted by Crippen LogP contribution is -2.25. The smallest absolute Gasteiger partial charge is 0.294 e. The maximum atomic E-state index is 11.9. The van der Waals surface area contributed by atoms with Gasteiger partial charge in [0.15, 0.2) is 0 Å². The van der Waals surface area contributed by atoms with E-state index >= 15 is 0 Å². The second-order valence-electron chi connectivity index (χ2n) is 2.47. The maximum absolute atomic E-state index is 11.9. The molecule has 0 aromatic rings. The third-order valence-electron chi connectivity index (χ3n) is 1.62. The molecule has 0 radical (unpaired) electrons. The molecular formula is C6H12Cl2NO3P. The van der Waals surface area contributed by atoms with Gasteiger partial charge in [-0.2, -0.15) is 0 Å². The van der Waals surface area contributed by atoms with E-state index in [1.54, 1.807) is 4.67 Å². The van der Waals surface area contributed by atoms with Crippen LogP contribution in [0.3, 0.4) is 0 Å². The molecule has 7 heteroatoms. The van der Waals surface area contributed by atoms with Crippen molar-refractivity contribution < 1.29 is 13.6 Å². The fourth-order valence-electron chi connectivity index (χ4n) is 1.06. The van der Waals surface area contributed by atoms with Crippen LogP contribution < -0.4 is 0 Å². The van der Waals surface area contributed by atoms with Crippen molar-refractivity contribution in [3.05, 3.63) is 0 Å². The van der Waals surface area contributed by atoms with Crippen molar-refractivity contribution >= 4 is 30.9 Å². The first-order valence-electron chi connectivity index (χ1n) is 3.99. The zero-order valence-corrected chi connectivity index (χ0v) is 9.52. The Balaban J connectivity index is 2.56. The second kappa shape index (κ2) is 5.54. The van der Waals surface area contributed by atoms with Gasteiger partial charge in [-0.05, 0) is 0 Å². The molecule has 0 aromatic heterocycles. The summed E-state index contributed by atoms with van der Waals surface area (Å²) in [6.45, 7) is 1.67. The van der Waals surface area contributed by atoms with Crippen molar-refractivity contribution in [3.8, 4) is 0 Å². The zero-order chi connectivity index (χ0) is 9.73. The molecule has 0 N–H and O–H groups in total. The molecule has 0 aliphatic carbocycles. The van der Waals surface area contributed by atoms with Gasteiger partial charge in [-0.25, -0.2) is 9.24 Å². The average Bonchev–Trinajstić information content (AvgIpc) is 2.53. The highest BCUT2D eigenvalue weighted by atomic mass is 35.5. The summed E-state index contributed by atoms with van der Waals surface area (Å²) in [5, 5.41) is 0. The van der Waals surface area contributed by atoms with Crippen molar-refractivity contribution in [2.45, 2.75) is 0 Å². The fraction of sp³-hybridized carbons (Fsp3) is 1.00. The molecule has 0 spiro atoms. The SMILES string of the molecule is O=P1(N(CCCl)CCCl)OCCO1. The van der Waals surface area contributed by atoms with E-state index in [2.05, 4.69) is 0 Å². The van der Waals surface area contributed by atoms with E-state index in [-0.39, 0.29) is 0 Å². The minimum atomic E-state index is -3.05. The van der Waals surface area contributed by atoms with Gasteiger partial charge in [-0.15, -0.1) is 23.2 Å². The molecular weight excluding hydrogens is 236 g/mol. The van der Waals surface area contributed by atoms with E-state index < -0.39 is 7.75 Å². The normalized spacial score (nSPS) is 21.2. The van der Waals surface area contributed by atoms with Gasteiger partial charge in [0.25, 0.3) is 0 Å². The zero-order valence-electron chi connectivity index (χ0n) is 7.12. The van der Waals surface area contributed by atoms with Crippen LogP contribution >= 0.6 is 30.9 Å². The summed E-state index contributed by atoms with van der Waals surface area (Å²) in [7, 11) is -3.05. The summed E-state index contributed by atoms with van der Waals surface area (Å²) in [4.78, 5) is 0. The third-order valence-corrected chi connectivity index (χ3v) is 4.07. The van der Waals surface area contributed by atoms with Crippen LogP contribution in [-0.4, -0.2) is 42.7 Å². The Morgan fingerprint density at radius 1 is 1.15 bits per heavy atom. The number of hydrogen-bond donors (Lipinski definition) is 0. The van der Waals surface area contributed by atoms with Crippen LogP contribution in [0.4, 0.5) is 0 Å². The summed E-state index contributed by atoms with van der Waals surface area (Å²) < 4.78 is 23.5. The van der Waals surface area contributed by atoms with E-state index in [1.807, 2.05) is 0 Å². The number of alkyl halides is 2. The molecule has 0 atom stereocenters. The van der Waals surface area contributed by atoms with Gasteiger partial charge < -0.3 is 0 Å². The highest BCUT2D eigenvalue weighted by Gasteiger charge is 2.36. The van der Waals surface area contributed by atoms with Crippen molar-refractivity contribution in [2.24, 2.45) is 0 Å². The minimum Gasteiger partial charge on any atom is -0.294 e. The van der Waals surface area contributed by atoms with Gasteiger partial charge in [0.05, 0.1) is 13.2 Å². The molecule has 0 amide bonds. The quantitative estimate of drug-likeness (QED) is 0.550. The van der Waals surface area contributed by atoms with Crippen molar-refractivity contribution in [2.75, 3.05) is 38.1 Å². The van der Waals surface area contributed by atoms with Crippen molar-refractivity contribution in [3.63, 3.8) is 0 Å². The molecule has 1 aliphatic heterocycles. The largest absolute Gasteiger partial charge is 0.408 e. The van der Waals surface area contributed by atoms with Gasteiger partial charge in [-0.3, -0.25) is 9.05 Å². The molecule has 0 bridgehead atoms. The van der Waals surface area contributed by atoms with Gasteiger partial charge >= 0.3 is 7.75 Å². The Kier molecular flexibility index (Phi) is 5.01. The Hall–Kier alpha value is 0.690. The van der Waals surface area contributed by atoms with Crippen LogP contribution in [0.2, 0.25) is 0 Å². The summed E-state index contributed by atoms with van der Waals surface area (Å²) in [5.74, 6) is 0.765. The lowest BCUT2D eigenvalue weighted by atomic mass is 10.6. The van der Waals surface area contributed by atoms with Crippen molar-refractivity contribution in [1.29, 1.82) is 0 Å². The second-order valence-corrected chi connectivity index (χ2v) is 5.24. The van der Waals surface area contributed by atoms with Crippen molar-refractivity contribution in [1.82, 2.24) is 4.67 Å². The minimum absolute atomic E-state index is 0.373. The summed E-state index contributed by atoms with van der Waals surface area (Å²) in [5.41, 5.74) is 0. The lowest BCUT2D eigenvalue weighted by molar-refractivity contribution is 0.270. The molecule has 0 saturated carbocycles. The Bertz CT molecular complexity index is 188. The van der Waals surface area contributed by atoms with E-state index in [0.29, 0.717) is 38.1 Å². The molecule has 0 aromatic carbocycles. The predicted molar refractivity (Wildman–Crippen MR) is 52.5 cm³/mol. The first kappa shape index (κ1) is 11.8. The van der Waals surface area contributed by atoms with Crippen LogP contribution in [0.5, 0.6) is 0 Å². The monoisotopic (exact) mass is 247 g/mol. The van der Waals surface area contributed by atoms with Crippen LogP contribution in [0.15, 0.2) is 0 Å².